The molecule has 14 heavy (non-hydrogen) atoms. The largest absolute Gasteiger partial charge is 0.351 e. The minimum atomic E-state index is -0.322. The fraction of sp³-hybridized carbons (Fsp3) is 0.200. The molecule has 0 saturated heterocycles. The zero-order valence-corrected chi connectivity index (χ0v) is 7.46. The van der Waals surface area contributed by atoms with Crippen molar-refractivity contribution < 1.29 is 9.18 Å². The van der Waals surface area contributed by atoms with Crippen molar-refractivity contribution in [3.63, 3.8) is 0 Å². The lowest BCUT2D eigenvalue weighted by molar-refractivity contribution is -0.120. The monoisotopic (exact) mass is 192 g/mol. The lowest BCUT2D eigenvalue weighted by atomic mass is 10.2. The number of hydrogen-bond acceptors (Lipinski definition) is 2. The minimum Gasteiger partial charge on any atom is -0.351 e. The lowest BCUT2D eigenvalue weighted by Gasteiger charge is -2.02. The van der Waals surface area contributed by atoms with E-state index in [9.17, 15) is 9.18 Å². The van der Waals surface area contributed by atoms with E-state index in [1.807, 2.05) is 0 Å². The third-order valence-corrected chi connectivity index (χ3v) is 1.64. The predicted octanol–water partition coefficient (Wildman–Crippen LogP) is 1.36. The van der Waals surface area contributed by atoms with Gasteiger partial charge in [0.15, 0.2) is 0 Å². The average Bonchev–Trinajstić information content (AvgIpc) is 2.17. The molecule has 4 heteroatoms. The molecule has 1 aromatic rings. The van der Waals surface area contributed by atoms with E-state index in [-0.39, 0.29) is 18.1 Å². The van der Waals surface area contributed by atoms with Gasteiger partial charge in [0.05, 0.1) is 6.07 Å². The summed E-state index contributed by atoms with van der Waals surface area (Å²) in [4.78, 5) is 10.9. The van der Waals surface area contributed by atoms with Gasteiger partial charge in [0.25, 0.3) is 0 Å². The van der Waals surface area contributed by atoms with Crippen LogP contribution in [0.15, 0.2) is 24.3 Å². The highest BCUT2D eigenvalue weighted by molar-refractivity contribution is 5.77. The molecule has 0 aromatic heterocycles. The summed E-state index contributed by atoms with van der Waals surface area (Å²) >= 11 is 0. The van der Waals surface area contributed by atoms with Crippen LogP contribution in [0, 0.1) is 17.1 Å². The van der Waals surface area contributed by atoms with Crippen molar-refractivity contribution in [3.05, 3.63) is 35.6 Å². The zero-order valence-electron chi connectivity index (χ0n) is 7.46. The summed E-state index contributed by atoms with van der Waals surface area (Å²) in [6.07, 6.45) is -0.152. The van der Waals surface area contributed by atoms with Gasteiger partial charge in [-0.1, -0.05) is 12.1 Å². The molecule has 1 N–H and O–H groups in total. The van der Waals surface area contributed by atoms with Gasteiger partial charge < -0.3 is 5.32 Å². The van der Waals surface area contributed by atoms with Gasteiger partial charge >= 0.3 is 0 Å². The van der Waals surface area contributed by atoms with Crippen molar-refractivity contribution in [2.45, 2.75) is 13.0 Å². The Bertz CT molecular complexity index is 353. The van der Waals surface area contributed by atoms with Crippen molar-refractivity contribution in [2.24, 2.45) is 0 Å². The van der Waals surface area contributed by atoms with Crippen molar-refractivity contribution in [3.8, 4) is 6.07 Å². The molecule has 0 fully saturated rings. The van der Waals surface area contributed by atoms with Gasteiger partial charge in [-0.25, -0.2) is 4.39 Å². The van der Waals surface area contributed by atoms with Crippen LogP contribution in [0.4, 0.5) is 4.39 Å². The smallest absolute Gasteiger partial charge is 0.234 e. The van der Waals surface area contributed by atoms with E-state index in [1.165, 1.54) is 12.1 Å². The van der Waals surface area contributed by atoms with Crippen LogP contribution < -0.4 is 5.32 Å². The number of carbonyl (C=O) groups is 1. The molecule has 1 aromatic carbocycles. The van der Waals surface area contributed by atoms with Crippen LogP contribution in [0.3, 0.4) is 0 Å². The molecule has 72 valence electrons. The van der Waals surface area contributed by atoms with Crippen molar-refractivity contribution in [2.75, 3.05) is 0 Å². The number of amides is 1. The van der Waals surface area contributed by atoms with Crippen LogP contribution in [0.1, 0.15) is 12.0 Å². The maximum atomic E-state index is 12.5. The Morgan fingerprint density at radius 1 is 1.43 bits per heavy atom. The van der Waals surface area contributed by atoms with E-state index in [0.29, 0.717) is 6.54 Å². The highest BCUT2D eigenvalue weighted by atomic mass is 19.1. The second kappa shape index (κ2) is 4.97. The molecule has 0 unspecified atom stereocenters. The summed E-state index contributed by atoms with van der Waals surface area (Å²) in [5.74, 6) is -0.631. The van der Waals surface area contributed by atoms with Gasteiger partial charge in [0.2, 0.25) is 5.91 Å². The van der Waals surface area contributed by atoms with Crippen LogP contribution in [0.25, 0.3) is 0 Å². The number of nitrogens with one attached hydrogen (secondary N) is 1. The van der Waals surface area contributed by atoms with E-state index >= 15 is 0 Å². The maximum Gasteiger partial charge on any atom is 0.234 e. The van der Waals surface area contributed by atoms with E-state index < -0.39 is 0 Å². The summed E-state index contributed by atoms with van der Waals surface area (Å²) in [7, 11) is 0. The topological polar surface area (TPSA) is 52.9 Å². The first kappa shape index (κ1) is 10.2. The van der Waals surface area contributed by atoms with Crippen LogP contribution in [0.5, 0.6) is 0 Å². The number of hydrogen-bond donors (Lipinski definition) is 1. The van der Waals surface area contributed by atoms with Gasteiger partial charge in [-0.3, -0.25) is 4.79 Å². The Labute approximate surface area is 81.2 Å². The number of rotatable bonds is 3. The normalized spacial score (nSPS) is 9.14. The molecular formula is C10H9FN2O. The Kier molecular flexibility index (Phi) is 3.62. The first-order chi connectivity index (χ1) is 6.72. The molecular weight excluding hydrogens is 183 g/mol. The number of carbonyl (C=O) groups excluding carboxylic acids is 1. The molecule has 0 radical (unpaired) electrons. The van der Waals surface area contributed by atoms with E-state index in [2.05, 4.69) is 5.32 Å². The molecule has 0 bridgehead atoms. The molecule has 1 rings (SSSR count). The summed E-state index contributed by atoms with van der Waals surface area (Å²) in [6, 6.07) is 7.56. The third-order valence-electron chi connectivity index (χ3n) is 1.64. The molecule has 0 saturated carbocycles. The van der Waals surface area contributed by atoms with Crippen molar-refractivity contribution in [1.29, 1.82) is 5.26 Å². The van der Waals surface area contributed by atoms with Crippen LogP contribution in [-0.2, 0) is 11.3 Å². The number of nitriles is 1. The van der Waals surface area contributed by atoms with E-state index in [4.69, 9.17) is 5.26 Å². The fourth-order valence-electron chi connectivity index (χ4n) is 0.937. The molecule has 0 atom stereocenters. The Hall–Kier alpha value is -1.89. The maximum absolute atomic E-state index is 12.5. The van der Waals surface area contributed by atoms with Crippen molar-refractivity contribution in [1.82, 2.24) is 5.32 Å². The van der Waals surface area contributed by atoms with Crippen molar-refractivity contribution >= 4 is 5.91 Å². The third kappa shape index (κ3) is 3.23. The molecule has 0 aliphatic carbocycles. The SMILES string of the molecule is N#CCC(=O)NCc1ccc(F)cc1. The summed E-state index contributed by atoms with van der Waals surface area (Å²) in [5.41, 5.74) is 0.803. The molecule has 0 spiro atoms. The molecule has 0 heterocycles. The minimum absolute atomic E-state index is 0.152. The molecule has 0 aliphatic rings. The van der Waals surface area contributed by atoms with Crippen LogP contribution in [-0.4, -0.2) is 5.91 Å². The quantitative estimate of drug-likeness (QED) is 0.786. The van der Waals surface area contributed by atoms with Gasteiger partial charge in [0.1, 0.15) is 12.2 Å². The summed E-state index contributed by atoms with van der Waals surface area (Å²) in [6.45, 7) is 0.320. The van der Waals surface area contributed by atoms with Gasteiger partial charge in [0, 0.05) is 6.54 Å². The van der Waals surface area contributed by atoms with Crippen LogP contribution >= 0.6 is 0 Å². The molecule has 1 amide bonds. The summed E-state index contributed by atoms with van der Waals surface area (Å²) in [5, 5.41) is 10.7. The first-order valence-electron chi connectivity index (χ1n) is 4.10. The lowest BCUT2D eigenvalue weighted by Crippen LogP contribution is -2.21. The Morgan fingerprint density at radius 2 is 2.07 bits per heavy atom. The fourth-order valence-corrected chi connectivity index (χ4v) is 0.937. The predicted molar refractivity (Wildman–Crippen MR) is 48.5 cm³/mol. The van der Waals surface area contributed by atoms with E-state index in [0.717, 1.165) is 5.56 Å². The zero-order chi connectivity index (χ0) is 10.4. The first-order valence-corrected chi connectivity index (χ1v) is 4.10. The standard InChI is InChI=1S/C10H9FN2O/c11-9-3-1-8(2-4-9)7-13-10(14)5-6-12/h1-4H,5,7H2,(H,13,14). The van der Waals surface area contributed by atoms with Crippen LogP contribution in [0.2, 0.25) is 0 Å². The molecule has 3 nitrogen and oxygen atoms in total. The second-order valence-corrected chi connectivity index (χ2v) is 2.74. The highest BCUT2D eigenvalue weighted by Gasteiger charge is 1.99. The van der Waals surface area contributed by atoms with Gasteiger partial charge in [-0.15, -0.1) is 0 Å². The molecule has 0 aliphatic heterocycles. The summed E-state index contributed by atoms with van der Waals surface area (Å²) < 4.78 is 12.5. The highest BCUT2D eigenvalue weighted by Crippen LogP contribution is 2.01. The van der Waals surface area contributed by atoms with Gasteiger partial charge in [-0.05, 0) is 17.7 Å². The Balaban J connectivity index is 2.43. The number of benzene rings is 1. The Morgan fingerprint density at radius 3 is 2.64 bits per heavy atom. The number of halogens is 1. The second-order valence-electron chi connectivity index (χ2n) is 2.74. The average molecular weight is 192 g/mol. The van der Waals surface area contributed by atoms with E-state index in [1.54, 1.807) is 18.2 Å². The number of nitrogens with zero attached hydrogens (tertiary/aromatic N) is 1. The van der Waals surface area contributed by atoms with Gasteiger partial charge in [-0.2, -0.15) is 5.26 Å².